The van der Waals surface area contributed by atoms with E-state index < -0.39 is 6.10 Å². The molecule has 1 unspecified atom stereocenters. The van der Waals surface area contributed by atoms with Crippen LogP contribution in [0.2, 0.25) is 5.02 Å². The van der Waals surface area contributed by atoms with E-state index in [0.717, 1.165) is 12.1 Å². The summed E-state index contributed by atoms with van der Waals surface area (Å²) in [6.07, 6.45) is -0.397. The van der Waals surface area contributed by atoms with Gasteiger partial charge in [0.25, 0.3) is 5.91 Å². The van der Waals surface area contributed by atoms with Gasteiger partial charge >= 0.3 is 0 Å². The summed E-state index contributed by atoms with van der Waals surface area (Å²) in [6.45, 7) is 2.37. The van der Waals surface area contributed by atoms with Gasteiger partial charge < -0.3 is 15.4 Å². The largest absolute Gasteiger partial charge is 0.366 e. The number of carbonyl (C=O) groups is 1. The summed E-state index contributed by atoms with van der Waals surface area (Å²) in [4.78, 5) is 11.8. The standard InChI is InChI=1S/C12H15ClN2O2/c13-10-4-2-1-3-9(10)7-15-12(16)11-8-14-5-6-17-11/h1-4,11,14H,5-8H2,(H,15,16). The monoisotopic (exact) mass is 254 g/mol. The van der Waals surface area contributed by atoms with Crippen molar-refractivity contribution >= 4 is 17.5 Å². The van der Waals surface area contributed by atoms with Gasteiger partial charge in [-0.25, -0.2) is 0 Å². The average Bonchev–Trinajstić information content (AvgIpc) is 2.38. The van der Waals surface area contributed by atoms with Crippen LogP contribution < -0.4 is 10.6 Å². The molecule has 0 aliphatic carbocycles. The Hall–Kier alpha value is -1.10. The Bertz CT molecular complexity index is 392. The summed E-state index contributed by atoms with van der Waals surface area (Å²) >= 11 is 6.00. The van der Waals surface area contributed by atoms with E-state index in [4.69, 9.17) is 16.3 Å². The molecule has 92 valence electrons. The topological polar surface area (TPSA) is 50.4 Å². The predicted molar refractivity (Wildman–Crippen MR) is 65.9 cm³/mol. The van der Waals surface area contributed by atoms with Crippen molar-refractivity contribution in [3.8, 4) is 0 Å². The number of hydrogen-bond acceptors (Lipinski definition) is 3. The van der Waals surface area contributed by atoms with Gasteiger partial charge in [-0.1, -0.05) is 29.8 Å². The van der Waals surface area contributed by atoms with Crippen LogP contribution in [-0.4, -0.2) is 31.7 Å². The zero-order valence-electron chi connectivity index (χ0n) is 9.41. The van der Waals surface area contributed by atoms with E-state index in [2.05, 4.69) is 10.6 Å². The molecule has 0 spiro atoms. The molecule has 5 heteroatoms. The first kappa shape index (κ1) is 12.4. The maximum atomic E-state index is 11.8. The minimum absolute atomic E-state index is 0.0999. The van der Waals surface area contributed by atoms with E-state index >= 15 is 0 Å². The molecule has 1 aromatic carbocycles. The lowest BCUT2D eigenvalue weighted by atomic mass is 10.2. The number of nitrogens with one attached hydrogen (secondary N) is 2. The fourth-order valence-corrected chi connectivity index (χ4v) is 1.87. The maximum Gasteiger partial charge on any atom is 0.250 e. The minimum Gasteiger partial charge on any atom is -0.366 e. The van der Waals surface area contributed by atoms with Crippen molar-refractivity contribution < 1.29 is 9.53 Å². The molecule has 2 rings (SSSR count). The molecular weight excluding hydrogens is 240 g/mol. The van der Waals surface area contributed by atoms with Gasteiger partial charge in [-0.3, -0.25) is 4.79 Å². The third kappa shape index (κ3) is 3.43. The molecule has 0 radical (unpaired) electrons. The van der Waals surface area contributed by atoms with E-state index in [1.807, 2.05) is 24.3 Å². The van der Waals surface area contributed by atoms with Crippen LogP contribution in [0.5, 0.6) is 0 Å². The molecule has 4 nitrogen and oxygen atoms in total. The Morgan fingerprint density at radius 2 is 2.35 bits per heavy atom. The lowest BCUT2D eigenvalue weighted by Crippen LogP contribution is -2.47. The highest BCUT2D eigenvalue weighted by molar-refractivity contribution is 6.31. The van der Waals surface area contributed by atoms with Crippen LogP contribution in [0, 0.1) is 0 Å². The van der Waals surface area contributed by atoms with Gasteiger partial charge in [0.05, 0.1) is 6.61 Å². The second-order valence-electron chi connectivity index (χ2n) is 3.87. The Morgan fingerprint density at radius 3 is 3.06 bits per heavy atom. The predicted octanol–water partition coefficient (Wildman–Crippen LogP) is 0.945. The number of ether oxygens (including phenoxy) is 1. The SMILES string of the molecule is O=C(NCc1ccccc1Cl)C1CNCCO1. The number of halogens is 1. The van der Waals surface area contributed by atoms with Crippen molar-refractivity contribution in [3.05, 3.63) is 34.9 Å². The molecule has 1 heterocycles. The van der Waals surface area contributed by atoms with E-state index in [0.29, 0.717) is 24.7 Å². The Labute approximate surface area is 105 Å². The molecule has 1 aromatic rings. The van der Waals surface area contributed by atoms with Crippen molar-refractivity contribution in [2.24, 2.45) is 0 Å². The molecule has 1 amide bonds. The van der Waals surface area contributed by atoms with Gasteiger partial charge in [-0.2, -0.15) is 0 Å². The second kappa shape index (κ2) is 6.00. The molecule has 1 saturated heterocycles. The van der Waals surface area contributed by atoms with Crippen LogP contribution in [0.3, 0.4) is 0 Å². The zero-order valence-corrected chi connectivity index (χ0v) is 10.2. The van der Waals surface area contributed by atoms with E-state index in [1.54, 1.807) is 0 Å². The highest BCUT2D eigenvalue weighted by Gasteiger charge is 2.21. The van der Waals surface area contributed by atoms with Gasteiger partial charge in [0, 0.05) is 24.7 Å². The summed E-state index contributed by atoms with van der Waals surface area (Å²) in [6, 6.07) is 7.46. The molecule has 1 aliphatic heterocycles. The van der Waals surface area contributed by atoms with Gasteiger partial charge in [-0.15, -0.1) is 0 Å². The van der Waals surface area contributed by atoms with Crippen LogP contribution in [0.25, 0.3) is 0 Å². The molecule has 0 aromatic heterocycles. The van der Waals surface area contributed by atoms with Crippen LogP contribution in [0.1, 0.15) is 5.56 Å². The number of carbonyl (C=O) groups excluding carboxylic acids is 1. The molecule has 1 aliphatic rings. The van der Waals surface area contributed by atoms with Crippen LogP contribution in [-0.2, 0) is 16.1 Å². The van der Waals surface area contributed by atoms with Crippen LogP contribution in [0.15, 0.2) is 24.3 Å². The summed E-state index contributed by atoms with van der Waals surface area (Å²) in [5.41, 5.74) is 0.909. The summed E-state index contributed by atoms with van der Waals surface area (Å²) < 4.78 is 5.35. The molecule has 1 atom stereocenters. The second-order valence-corrected chi connectivity index (χ2v) is 4.28. The normalized spacial score (nSPS) is 19.9. The summed E-state index contributed by atoms with van der Waals surface area (Å²) in [5.74, 6) is -0.0999. The highest BCUT2D eigenvalue weighted by atomic mass is 35.5. The average molecular weight is 255 g/mol. The van der Waals surface area contributed by atoms with Gasteiger partial charge in [0.15, 0.2) is 0 Å². The number of amides is 1. The fourth-order valence-electron chi connectivity index (χ4n) is 1.67. The maximum absolute atomic E-state index is 11.8. The third-order valence-electron chi connectivity index (χ3n) is 2.63. The smallest absolute Gasteiger partial charge is 0.250 e. The van der Waals surface area contributed by atoms with Gasteiger partial charge in [0.1, 0.15) is 6.10 Å². The molecule has 0 bridgehead atoms. The third-order valence-corrected chi connectivity index (χ3v) is 3.00. The Balaban J connectivity index is 1.85. The van der Waals surface area contributed by atoms with E-state index in [1.165, 1.54) is 0 Å². The van der Waals surface area contributed by atoms with Crippen molar-refractivity contribution in [2.45, 2.75) is 12.6 Å². The van der Waals surface area contributed by atoms with Gasteiger partial charge in [0.2, 0.25) is 0 Å². The lowest BCUT2D eigenvalue weighted by molar-refractivity contribution is -0.134. The van der Waals surface area contributed by atoms with E-state index in [-0.39, 0.29) is 5.91 Å². The lowest BCUT2D eigenvalue weighted by Gasteiger charge is -2.22. The summed E-state index contributed by atoms with van der Waals surface area (Å²) in [5, 5.41) is 6.60. The first-order valence-corrected chi connectivity index (χ1v) is 5.98. The first-order chi connectivity index (χ1) is 8.27. The zero-order chi connectivity index (χ0) is 12.1. The van der Waals surface area contributed by atoms with Crippen LogP contribution in [0.4, 0.5) is 0 Å². The molecule has 1 fully saturated rings. The molecule has 17 heavy (non-hydrogen) atoms. The minimum atomic E-state index is -0.397. The first-order valence-electron chi connectivity index (χ1n) is 5.61. The summed E-state index contributed by atoms with van der Waals surface area (Å²) in [7, 11) is 0. The van der Waals surface area contributed by atoms with E-state index in [9.17, 15) is 4.79 Å². The van der Waals surface area contributed by atoms with Crippen LogP contribution >= 0.6 is 11.6 Å². The van der Waals surface area contributed by atoms with Crippen molar-refractivity contribution in [2.75, 3.05) is 19.7 Å². The number of morpholine rings is 1. The van der Waals surface area contributed by atoms with Gasteiger partial charge in [-0.05, 0) is 11.6 Å². The Kier molecular flexibility index (Phi) is 4.36. The molecule has 2 N–H and O–H groups in total. The quantitative estimate of drug-likeness (QED) is 0.844. The number of rotatable bonds is 3. The molecule has 0 saturated carbocycles. The highest BCUT2D eigenvalue weighted by Crippen LogP contribution is 2.14. The van der Waals surface area contributed by atoms with Crippen molar-refractivity contribution in [3.63, 3.8) is 0 Å². The number of benzene rings is 1. The van der Waals surface area contributed by atoms with Crippen molar-refractivity contribution in [1.29, 1.82) is 0 Å². The Morgan fingerprint density at radius 1 is 1.53 bits per heavy atom. The van der Waals surface area contributed by atoms with Crippen molar-refractivity contribution in [1.82, 2.24) is 10.6 Å². The fraction of sp³-hybridized carbons (Fsp3) is 0.417. The molecular formula is C12H15ClN2O2. The number of hydrogen-bond donors (Lipinski definition) is 2.